The predicted molar refractivity (Wildman–Crippen MR) is 121 cm³/mol. The number of nitrogens with one attached hydrogen (secondary N) is 2. The fourth-order valence-corrected chi connectivity index (χ4v) is 4.29. The molecule has 1 aromatic heterocycles. The van der Waals surface area contributed by atoms with Gasteiger partial charge in [-0.1, -0.05) is 19.9 Å². The smallest absolute Gasteiger partial charge is 0.337 e. The van der Waals surface area contributed by atoms with Gasteiger partial charge in [0.15, 0.2) is 0 Å². The van der Waals surface area contributed by atoms with Crippen molar-refractivity contribution in [3.8, 4) is 0 Å². The number of hydrogen-bond donors (Lipinski definition) is 2. The number of rotatable bonds is 5. The number of carbonyl (C=O) groups is 3. The maximum atomic E-state index is 14.1. The average molecular weight is 469 g/mol. The molecule has 2 N–H and O–H groups in total. The monoisotopic (exact) mass is 469 g/mol. The van der Waals surface area contributed by atoms with Crippen LogP contribution in [0.15, 0.2) is 36.4 Å². The van der Waals surface area contributed by atoms with Gasteiger partial charge < -0.3 is 19.9 Å². The molecule has 178 valence electrons. The van der Waals surface area contributed by atoms with Crippen LogP contribution in [0.4, 0.5) is 8.78 Å². The number of amides is 2. The highest BCUT2D eigenvalue weighted by Crippen LogP contribution is 2.29. The lowest BCUT2D eigenvalue weighted by Gasteiger charge is -2.32. The number of benzene rings is 2. The number of aromatic nitrogens is 1. The standard InChI is InChI=1S/C25H25F2N3O4/c1-13(2)22(29-23(31)21-17(26)5-4-6-18(21)27)24(32)30-10-9-20-16(12-30)15-11-14(25(33)34-3)7-8-19(15)28-20/h4-8,11,13,22,28H,9-10,12H2,1-3H3,(H,29,31). The zero-order valence-corrected chi connectivity index (χ0v) is 19.1. The Hall–Kier alpha value is -3.75. The Morgan fingerprint density at radius 1 is 1.12 bits per heavy atom. The summed E-state index contributed by atoms with van der Waals surface area (Å²) in [6.45, 7) is 4.19. The van der Waals surface area contributed by atoms with Gasteiger partial charge in [-0.2, -0.15) is 0 Å². The van der Waals surface area contributed by atoms with E-state index in [1.54, 1.807) is 36.9 Å². The minimum Gasteiger partial charge on any atom is -0.465 e. The Labute approximate surface area is 195 Å². The van der Waals surface area contributed by atoms with Gasteiger partial charge in [0.05, 0.1) is 12.7 Å². The molecule has 0 saturated heterocycles. The topological polar surface area (TPSA) is 91.5 Å². The summed E-state index contributed by atoms with van der Waals surface area (Å²) in [5, 5.41) is 3.33. The first-order chi connectivity index (χ1) is 16.2. The lowest BCUT2D eigenvalue weighted by atomic mass is 9.98. The van der Waals surface area contributed by atoms with E-state index in [-0.39, 0.29) is 18.4 Å². The molecule has 2 amide bonds. The zero-order valence-electron chi connectivity index (χ0n) is 19.1. The Bertz CT molecular complexity index is 1260. The average Bonchev–Trinajstić information content (AvgIpc) is 3.18. The predicted octanol–water partition coefficient (Wildman–Crippen LogP) is 3.57. The van der Waals surface area contributed by atoms with Gasteiger partial charge in [0.1, 0.15) is 23.2 Å². The number of aromatic amines is 1. The lowest BCUT2D eigenvalue weighted by molar-refractivity contribution is -0.135. The molecule has 1 aliphatic rings. The number of nitrogens with zero attached hydrogens (tertiary/aromatic N) is 1. The summed E-state index contributed by atoms with van der Waals surface area (Å²) in [5.74, 6) is -4.07. The Morgan fingerprint density at radius 3 is 2.47 bits per heavy atom. The number of carbonyl (C=O) groups excluding carboxylic acids is 3. The number of halogens is 2. The number of ether oxygens (including phenoxy) is 1. The summed E-state index contributed by atoms with van der Waals surface area (Å²) < 4.78 is 32.9. The van der Waals surface area contributed by atoms with Crippen molar-refractivity contribution < 1.29 is 27.9 Å². The second kappa shape index (κ2) is 9.24. The van der Waals surface area contributed by atoms with Crippen LogP contribution < -0.4 is 5.32 Å². The molecule has 3 aromatic rings. The van der Waals surface area contributed by atoms with E-state index >= 15 is 0 Å². The molecule has 1 unspecified atom stereocenters. The van der Waals surface area contributed by atoms with Crippen LogP contribution >= 0.6 is 0 Å². The molecule has 1 atom stereocenters. The maximum absolute atomic E-state index is 14.1. The Balaban J connectivity index is 1.59. The van der Waals surface area contributed by atoms with E-state index < -0.39 is 35.1 Å². The van der Waals surface area contributed by atoms with E-state index in [0.717, 1.165) is 34.3 Å². The number of methoxy groups -OCH3 is 1. The maximum Gasteiger partial charge on any atom is 0.337 e. The molecule has 0 spiro atoms. The summed E-state index contributed by atoms with van der Waals surface area (Å²) in [6.07, 6.45) is 0.560. The van der Waals surface area contributed by atoms with Crippen LogP contribution in [0.5, 0.6) is 0 Å². The fraction of sp³-hybridized carbons (Fsp3) is 0.320. The SMILES string of the molecule is COC(=O)c1ccc2[nH]c3c(c2c1)CN(C(=O)C(NC(=O)c1c(F)cccc1F)C(C)C)CC3. The van der Waals surface area contributed by atoms with Crippen molar-refractivity contribution in [2.45, 2.75) is 32.9 Å². The normalized spacial score (nSPS) is 14.1. The van der Waals surface area contributed by atoms with Crippen LogP contribution in [0.3, 0.4) is 0 Å². The fourth-order valence-electron chi connectivity index (χ4n) is 4.29. The summed E-state index contributed by atoms with van der Waals surface area (Å²) in [7, 11) is 1.31. The molecule has 1 aliphatic heterocycles. The number of esters is 1. The van der Waals surface area contributed by atoms with Crippen LogP contribution in [-0.2, 0) is 22.5 Å². The van der Waals surface area contributed by atoms with Gasteiger partial charge in [-0.3, -0.25) is 9.59 Å². The van der Waals surface area contributed by atoms with Gasteiger partial charge in [-0.25, -0.2) is 13.6 Å². The largest absolute Gasteiger partial charge is 0.465 e. The van der Waals surface area contributed by atoms with Crippen molar-refractivity contribution in [1.82, 2.24) is 15.2 Å². The Morgan fingerprint density at radius 2 is 1.82 bits per heavy atom. The van der Waals surface area contributed by atoms with Crippen LogP contribution in [0.2, 0.25) is 0 Å². The molecule has 0 aliphatic carbocycles. The zero-order chi connectivity index (χ0) is 24.6. The number of H-pyrrole nitrogens is 1. The minimum absolute atomic E-state index is 0.270. The molecule has 7 nitrogen and oxygen atoms in total. The minimum atomic E-state index is -0.990. The Kier molecular flexibility index (Phi) is 6.37. The van der Waals surface area contributed by atoms with Crippen molar-refractivity contribution in [1.29, 1.82) is 0 Å². The van der Waals surface area contributed by atoms with Crippen molar-refractivity contribution in [3.05, 3.63) is 70.4 Å². The highest BCUT2D eigenvalue weighted by Gasteiger charge is 2.33. The molecule has 34 heavy (non-hydrogen) atoms. The molecular weight excluding hydrogens is 444 g/mol. The van der Waals surface area contributed by atoms with Crippen LogP contribution in [0, 0.1) is 17.6 Å². The molecule has 2 aromatic carbocycles. The van der Waals surface area contributed by atoms with Gasteiger partial charge in [0, 0.05) is 41.7 Å². The highest BCUT2D eigenvalue weighted by molar-refractivity contribution is 5.99. The number of fused-ring (bicyclic) bond motifs is 3. The first kappa shape index (κ1) is 23.4. The molecule has 9 heteroatoms. The molecular formula is C25H25F2N3O4. The van der Waals surface area contributed by atoms with E-state index in [1.165, 1.54) is 13.2 Å². The summed E-state index contributed by atoms with van der Waals surface area (Å²) in [6, 6.07) is 7.39. The molecule has 0 fully saturated rings. The van der Waals surface area contributed by atoms with Crippen LogP contribution in [-0.4, -0.2) is 47.4 Å². The van der Waals surface area contributed by atoms with Crippen LogP contribution in [0.25, 0.3) is 10.9 Å². The van der Waals surface area contributed by atoms with Gasteiger partial charge >= 0.3 is 5.97 Å². The van der Waals surface area contributed by atoms with Crippen molar-refractivity contribution >= 4 is 28.7 Å². The molecule has 0 bridgehead atoms. The van der Waals surface area contributed by atoms with E-state index in [0.29, 0.717) is 18.5 Å². The van der Waals surface area contributed by atoms with Crippen molar-refractivity contribution in [3.63, 3.8) is 0 Å². The second-order valence-corrected chi connectivity index (χ2v) is 8.64. The molecule has 2 heterocycles. The quantitative estimate of drug-likeness (QED) is 0.559. The molecule has 4 rings (SSSR count). The van der Waals surface area contributed by atoms with Gasteiger partial charge in [0.25, 0.3) is 5.91 Å². The summed E-state index contributed by atoms with van der Waals surface area (Å²) >= 11 is 0. The number of hydrogen-bond acceptors (Lipinski definition) is 4. The van der Waals surface area contributed by atoms with Crippen molar-refractivity contribution in [2.24, 2.45) is 5.92 Å². The van der Waals surface area contributed by atoms with E-state index in [1.807, 2.05) is 0 Å². The lowest BCUT2D eigenvalue weighted by Crippen LogP contribution is -2.52. The summed E-state index contributed by atoms with van der Waals surface area (Å²) in [5.41, 5.74) is 2.39. The first-order valence-corrected chi connectivity index (χ1v) is 11.0. The third-order valence-corrected chi connectivity index (χ3v) is 6.12. The summed E-state index contributed by atoms with van der Waals surface area (Å²) in [4.78, 5) is 43.0. The van der Waals surface area contributed by atoms with E-state index in [4.69, 9.17) is 4.74 Å². The second-order valence-electron chi connectivity index (χ2n) is 8.64. The van der Waals surface area contributed by atoms with Crippen molar-refractivity contribution in [2.75, 3.05) is 13.7 Å². The van der Waals surface area contributed by atoms with Crippen LogP contribution in [0.1, 0.15) is 45.8 Å². The molecule has 0 radical (unpaired) electrons. The van der Waals surface area contributed by atoms with Gasteiger partial charge in [-0.15, -0.1) is 0 Å². The van der Waals surface area contributed by atoms with Gasteiger partial charge in [-0.05, 0) is 36.2 Å². The van der Waals surface area contributed by atoms with Gasteiger partial charge in [0.2, 0.25) is 5.91 Å². The molecule has 0 saturated carbocycles. The highest BCUT2D eigenvalue weighted by atomic mass is 19.1. The third-order valence-electron chi connectivity index (χ3n) is 6.12. The van der Waals surface area contributed by atoms with E-state index in [2.05, 4.69) is 10.3 Å². The first-order valence-electron chi connectivity index (χ1n) is 11.0. The third kappa shape index (κ3) is 4.25. The van der Waals surface area contributed by atoms with E-state index in [9.17, 15) is 23.2 Å².